The lowest BCUT2D eigenvalue weighted by molar-refractivity contribution is -0.400. The third-order valence-electron chi connectivity index (χ3n) is 3.43. The van der Waals surface area contributed by atoms with Crippen LogP contribution in [0.15, 0.2) is 40.3 Å². The second-order valence-corrected chi connectivity index (χ2v) is 5.12. The van der Waals surface area contributed by atoms with Gasteiger partial charge >= 0.3 is 29.5 Å². The highest BCUT2D eigenvalue weighted by molar-refractivity contribution is 5.46. The number of rotatable bonds is 5. The molecule has 2 aromatic rings. The lowest BCUT2D eigenvalue weighted by Crippen LogP contribution is -2.59. The first-order chi connectivity index (χ1) is 12.2. The molecule has 1 N–H and O–H groups in total. The monoisotopic (exact) mass is 407 g/mol. The number of nitrogens with one attached hydrogen (secondary N) is 1. The van der Waals surface area contributed by atoms with E-state index in [4.69, 9.17) is 0 Å². The van der Waals surface area contributed by atoms with Gasteiger partial charge in [0.2, 0.25) is 5.69 Å². The first-order valence-electron chi connectivity index (χ1n) is 6.64. The van der Waals surface area contributed by atoms with Crippen LogP contribution in [-0.4, -0.2) is 27.8 Å². The molecule has 1 aromatic carbocycles. The Morgan fingerprint density at radius 2 is 1.37 bits per heavy atom. The summed E-state index contributed by atoms with van der Waals surface area (Å²) >= 11 is 0. The standard InChI is InChI=1S/C13H6F9N3O2/c14-10(15,11(16,17)12(18,19)13(20,21)22)8-7(24-27)9(26)25(23-8)6-4-2-1-3-5-6/h1-5,23H. The molecule has 0 aliphatic heterocycles. The number of H-pyrrole nitrogens is 1. The van der Waals surface area contributed by atoms with Crippen molar-refractivity contribution in [3.63, 3.8) is 0 Å². The van der Waals surface area contributed by atoms with Gasteiger partial charge in [0.1, 0.15) is 5.69 Å². The number of benzene rings is 1. The molecule has 0 bridgehead atoms. The van der Waals surface area contributed by atoms with Crippen LogP contribution in [0.25, 0.3) is 5.69 Å². The van der Waals surface area contributed by atoms with Crippen molar-refractivity contribution in [1.29, 1.82) is 0 Å². The maximum atomic E-state index is 14.0. The van der Waals surface area contributed by atoms with Crippen LogP contribution < -0.4 is 5.56 Å². The van der Waals surface area contributed by atoms with Crippen molar-refractivity contribution in [2.45, 2.75) is 23.9 Å². The molecule has 0 aliphatic carbocycles. The Hall–Kier alpha value is -2.80. The number of alkyl halides is 9. The van der Waals surface area contributed by atoms with Gasteiger partial charge in [-0.3, -0.25) is 9.89 Å². The molecule has 14 heteroatoms. The second-order valence-electron chi connectivity index (χ2n) is 5.12. The number of halogens is 9. The minimum Gasteiger partial charge on any atom is -0.287 e. The van der Waals surface area contributed by atoms with E-state index in [9.17, 15) is 49.2 Å². The van der Waals surface area contributed by atoms with Crippen molar-refractivity contribution in [2.24, 2.45) is 5.18 Å². The van der Waals surface area contributed by atoms with Crippen molar-refractivity contribution in [3.8, 4) is 5.69 Å². The maximum Gasteiger partial charge on any atom is 0.460 e. The van der Waals surface area contributed by atoms with Gasteiger partial charge in [0.05, 0.1) is 5.69 Å². The normalized spacial score (nSPS) is 13.7. The van der Waals surface area contributed by atoms with Crippen LogP contribution in [0, 0.1) is 4.91 Å². The van der Waals surface area contributed by atoms with E-state index in [0.717, 1.165) is 12.1 Å². The third-order valence-corrected chi connectivity index (χ3v) is 3.43. The summed E-state index contributed by atoms with van der Waals surface area (Å²) in [7, 11) is 0. The van der Waals surface area contributed by atoms with E-state index in [1.807, 2.05) is 0 Å². The van der Waals surface area contributed by atoms with E-state index >= 15 is 0 Å². The SMILES string of the molecule is O=Nc1c(C(F)(F)C(F)(F)C(F)(F)C(F)(F)F)[nH]n(-c2ccccc2)c1=O. The van der Waals surface area contributed by atoms with Crippen molar-refractivity contribution >= 4 is 5.69 Å². The van der Waals surface area contributed by atoms with Gasteiger partial charge in [0.25, 0.3) is 0 Å². The summed E-state index contributed by atoms with van der Waals surface area (Å²) < 4.78 is 118. The lowest BCUT2D eigenvalue weighted by Gasteiger charge is -2.33. The minimum atomic E-state index is -7.19. The van der Waals surface area contributed by atoms with E-state index in [0.29, 0.717) is 0 Å². The number of hydrogen-bond acceptors (Lipinski definition) is 3. The fraction of sp³-hybridized carbons (Fsp3) is 0.308. The van der Waals surface area contributed by atoms with Crippen LogP contribution >= 0.6 is 0 Å². The van der Waals surface area contributed by atoms with Crippen LogP contribution in [0.2, 0.25) is 0 Å². The number of aromatic amines is 1. The maximum absolute atomic E-state index is 14.0. The zero-order chi connectivity index (χ0) is 20.8. The molecule has 0 atom stereocenters. The highest BCUT2D eigenvalue weighted by Crippen LogP contribution is 2.57. The summed E-state index contributed by atoms with van der Waals surface area (Å²) in [6.07, 6.45) is -7.04. The molecule has 2 rings (SSSR count). The number of nitrogens with zero attached hydrogens (tertiary/aromatic N) is 2. The van der Waals surface area contributed by atoms with E-state index < -0.39 is 40.9 Å². The molecule has 0 fully saturated rings. The molecule has 0 saturated carbocycles. The van der Waals surface area contributed by atoms with Crippen molar-refractivity contribution in [3.05, 3.63) is 51.3 Å². The highest BCUT2D eigenvalue weighted by Gasteiger charge is 2.82. The van der Waals surface area contributed by atoms with E-state index in [-0.39, 0.29) is 10.4 Å². The summed E-state index contributed by atoms with van der Waals surface area (Å²) in [5.74, 6) is -20.5. The minimum absolute atomic E-state index is 0.0712. The van der Waals surface area contributed by atoms with E-state index in [1.165, 1.54) is 23.3 Å². The van der Waals surface area contributed by atoms with Gasteiger partial charge < -0.3 is 0 Å². The molecule has 0 spiro atoms. The Bertz CT molecular complexity index is 900. The molecule has 0 saturated heterocycles. The van der Waals surface area contributed by atoms with Crippen LogP contribution in [-0.2, 0) is 5.92 Å². The summed E-state index contributed by atoms with van der Waals surface area (Å²) in [6, 6.07) is 6.03. The predicted molar refractivity (Wildman–Crippen MR) is 71.7 cm³/mol. The van der Waals surface area contributed by atoms with Crippen molar-refractivity contribution in [1.82, 2.24) is 9.78 Å². The Morgan fingerprint density at radius 3 is 1.81 bits per heavy atom. The average Bonchev–Trinajstić information content (AvgIpc) is 2.91. The number of aromatic nitrogens is 2. The Labute approximate surface area is 142 Å². The average molecular weight is 407 g/mol. The zero-order valence-corrected chi connectivity index (χ0v) is 12.5. The first kappa shape index (κ1) is 20.5. The first-order valence-corrected chi connectivity index (χ1v) is 6.64. The molecular formula is C13H6F9N3O2. The topological polar surface area (TPSA) is 67.2 Å². The molecule has 0 aliphatic rings. The quantitative estimate of drug-likeness (QED) is 0.587. The lowest BCUT2D eigenvalue weighted by atomic mass is 10.0. The van der Waals surface area contributed by atoms with Gasteiger partial charge in [0, 0.05) is 0 Å². The van der Waals surface area contributed by atoms with Crippen LogP contribution in [0.5, 0.6) is 0 Å². The summed E-state index contributed by atoms with van der Waals surface area (Å²) in [6.45, 7) is 0. The smallest absolute Gasteiger partial charge is 0.287 e. The molecule has 0 unspecified atom stereocenters. The van der Waals surface area contributed by atoms with Gasteiger partial charge in [-0.15, -0.1) is 4.91 Å². The molecule has 1 heterocycles. The molecule has 0 amide bonds. The van der Waals surface area contributed by atoms with Gasteiger partial charge in [-0.05, 0) is 17.3 Å². The van der Waals surface area contributed by atoms with Crippen LogP contribution in [0.3, 0.4) is 0 Å². The van der Waals surface area contributed by atoms with Gasteiger partial charge in [-0.2, -0.15) is 39.5 Å². The van der Waals surface area contributed by atoms with Crippen LogP contribution in [0.1, 0.15) is 5.69 Å². The molecular weight excluding hydrogens is 401 g/mol. The Kier molecular flexibility index (Phi) is 4.65. The number of para-hydroxylation sites is 1. The predicted octanol–water partition coefficient (Wildman–Crippen LogP) is 4.49. The van der Waals surface area contributed by atoms with Gasteiger partial charge in [-0.1, -0.05) is 18.2 Å². The summed E-state index contributed by atoms with van der Waals surface area (Å²) in [4.78, 5) is 22.5. The summed E-state index contributed by atoms with van der Waals surface area (Å²) in [5, 5.41) is 3.05. The molecule has 148 valence electrons. The molecule has 0 radical (unpaired) electrons. The molecule has 27 heavy (non-hydrogen) atoms. The van der Waals surface area contributed by atoms with Gasteiger partial charge in [0.15, 0.2) is 0 Å². The fourth-order valence-corrected chi connectivity index (χ4v) is 2.02. The van der Waals surface area contributed by atoms with Crippen molar-refractivity contribution in [2.75, 3.05) is 0 Å². The Morgan fingerprint density at radius 1 is 0.852 bits per heavy atom. The Balaban J connectivity index is 2.73. The number of nitroso groups, excluding NO2 is 1. The van der Waals surface area contributed by atoms with Crippen LogP contribution in [0.4, 0.5) is 45.2 Å². The van der Waals surface area contributed by atoms with Crippen molar-refractivity contribution < 1.29 is 39.5 Å². The van der Waals surface area contributed by atoms with E-state index in [2.05, 4.69) is 0 Å². The summed E-state index contributed by atoms with van der Waals surface area (Å²) in [5.41, 5.74) is -6.51. The molecule has 1 aromatic heterocycles. The molecule has 5 nitrogen and oxygen atoms in total. The highest BCUT2D eigenvalue weighted by atomic mass is 19.4. The van der Waals surface area contributed by atoms with Gasteiger partial charge in [-0.25, -0.2) is 4.68 Å². The number of hydrogen-bond donors (Lipinski definition) is 1. The zero-order valence-electron chi connectivity index (χ0n) is 12.5. The van der Waals surface area contributed by atoms with E-state index in [1.54, 1.807) is 5.18 Å². The largest absolute Gasteiger partial charge is 0.460 e. The third kappa shape index (κ3) is 2.88. The second kappa shape index (κ2) is 6.13. The fourth-order valence-electron chi connectivity index (χ4n) is 2.02.